The molecule has 1 aromatic heterocycles. The van der Waals surface area contributed by atoms with Crippen molar-refractivity contribution < 1.29 is 19.1 Å². The van der Waals surface area contributed by atoms with Crippen LogP contribution in [0.15, 0.2) is 72.8 Å². The van der Waals surface area contributed by atoms with Crippen LogP contribution in [0.1, 0.15) is 49.7 Å². The SMILES string of the molecule is CC(=O)c1cccc(N(C(=O)Cn2nnc3ccccc32)[C@H](C(=O)NC(C)(C)C)c2ccc(N3CCOCC3)cc2)c1. The number of aromatic nitrogens is 3. The highest BCUT2D eigenvalue weighted by Gasteiger charge is 2.35. The molecule has 0 saturated carbocycles. The van der Waals surface area contributed by atoms with Crippen molar-refractivity contribution in [1.29, 1.82) is 0 Å². The van der Waals surface area contributed by atoms with Gasteiger partial charge in [0.25, 0.3) is 0 Å². The van der Waals surface area contributed by atoms with Crippen LogP contribution in [0, 0.1) is 0 Å². The summed E-state index contributed by atoms with van der Waals surface area (Å²) in [5.41, 5.74) is 3.34. The maximum atomic E-state index is 14.3. The van der Waals surface area contributed by atoms with Gasteiger partial charge >= 0.3 is 0 Å². The van der Waals surface area contributed by atoms with Gasteiger partial charge < -0.3 is 15.0 Å². The van der Waals surface area contributed by atoms with Crippen molar-refractivity contribution in [3.8, 4) is 0 Å². The second-order valence-electron chi connectivity index (χ2n) is 11.4. The van der Waals surface area contributed by atoms with E-state index in [9.17, 15) is 14.4 Å². The number of hydrogen-bond donors (Lipinski definition) is 1. The van der Waals surface area contributed by atoms with Crippen molar-refractivity contribution >= 4 is 40.0 Å². The Labute approximate surface area is 245 Å². The summed E-state index contributed by atoms with van der Waals surface area (Å²) in [6.07, 6.45) is 0. The van der Waals surface area contributed by atoms with Crippen molar-refractivity contribution in [3.63, 3.8) is 0 Å². The van der Waals surface area contributed by atoms with Gasteiger partial charge in [-0.05, 0) is 69.7 Å². The fraction of sp³-hybridized carbons (Fsp3) is 0.344. The molecule has 1 aliphatic heterocycles. The number of hydrogen-bond acceptors (Lipinski definition) is 7. The molecule has 42 heavy (non-hydrogen) atoms. The molecule has 3 aromatic carbocycles. The number of Topliss-reactive ketones (excluding diaryl/α,β-unsaturated/α-hetero) is 1. The molecule has 4 aromatic rings. The molecule has 10 heteroatoms. The lowest BCUT2D eigenvalue weighted by atomic mass is 9.99. The fourth-order valence-corrected chi connectivity index (χ4v) is 5.09. The molecule has 1 N–H and O–H groups in total. The highest BCUT2D eigenvalue weighted by atomic mass is 16.5. The maximum absolute atomic E-state index is 14.3. The second kappa shape index (κ2) is 12.1. The van der Waals surface area contributed by atoms with Crippen LogP contribution in [0.5, 0.6) is 0 Å². The summed E-state index contributed by atoms with van der Waals surface area (Å²) >= 11 is 0. The predicted octanol–water partition coefficient (Wildman–Crippen LogP) is 4.16. The largest absolute Gasteiger partial charge is 0.378 e. The average Bonchev–Trinajstić information content (AvgIpc) is 3.38. The first-order chi connectivity index (χ1) is 20.1. The molecule has 5 rings (SSSR count). The highest BCUT2D eigenvalue weighted by Crippen LogP contribution is 2.31. The summed E-state index contributed by atoms with van der Waals surface area (Å²) < 4.78 is 7.02. The van der Waals surface area contributed by atoms with Gasteiger partial charge in [-0.25, -0.2) is 4.68 Å². The van der Waals surface area contributed by atoms with Gasteiger partial charge in [0.1, 0.15) is 18.1 Å². The minimum atomic E-state index is -1.02. The van der Waals surface area contributed by atoms with Crippen molar-refractivity contribution in [3.05, 3.63) is 83.9 Å². The molecule has 218 valence electrons. The normalized spacial score (nSPS) is 14.4. The Kier molecular flexibility index (Phi) is 8.35. The van der Waals surface area contributed by atoms with E-state index in [-0.39, 0.29) is 24.1 Å². The summed E-state index contributed by atoms with van der Waals surface area (Å²) in [7, 11) is 0. The Hall–Kier alpha value is -4.57. The number of benzene rings is 3. The number of nitrogens with one attached hydrogen (secondary N) is 1. The standard InChI is InChI=1S/C32H36N6O4/c1-22(39)24-8-7-9-26(20-24)38(29(40)21-37-28-11-6-5-10-27(28)34-35-37)30(31(41)33-32(2,3)4)23-12-14-25(15-13-23)36-16-18-42-19-17-36/h5-15,20,30H,16-19,21H2,1-4H3,(H,33,41)/t30-/m0/s1. The number of fused-ring (bicyclic) bond motifs is 1. The third-order valence-corrected chi connectivity index (χ3v) is 7.09. The zero-order chi connectivity index (χ0) is 29.9. The topological polar surface area (TPSA) is 110 Å². The molecule has 1 aliphatic rings. The molecule has 1 fully saturated rings. The van der Waals surface area contributed by atoms with Crippen molar-refractivity contribution in [2.24, 2.45) is 0 Å². The third kappa shape index (κ3) is 6.49. The van der Waals surface area contributed by atoms with Crippen LogP contribution in [-0.4, -0.2) is 64.4 Å². The van der Waals surface area contributed by atoms with Gasteiger partial charge in [-0.2, -0.15) is 0 Å². The van der Waals surface area contributed by atoms with E-state index >= 15 is 0 Å². The number of amides is 2. The number of rotatable bonds is 8. The lowest BCUT2D eigenvalue weighted by Gasteiger charge is -2.34. The van der Waals surface area contributed by atoms with E-state index in [0.717, 1.165) is 18.8 Å². The Morgan fingerprint density at radius 1 is 0.976 bits per heavy atom. The van der Waals surface area contributed by atoms with Crippen molar-refractivity contribution in [2.45, 2.75) is 45.8 Å². The van der Waals surface area contributed by atoms with Crippen LogP contribution in [0.2, 0.25) is 0 Å². The van der Waals surface area contributed by atoms with E-state index in [2.05, 4.69) is 20.5 Å². The Balaban J connectivity index is 1.60. The van der Waals surface area contributed by atoms with Crippen molar-refractivity contribution in [2.75, 3.05) is 36.1 Å². The minimum Gasteiger partial charge on any atom is -0.378 e. The zero-order valence-electron chi connectivity index (χ0n) is 24.4. The summed E-state index contributed by atoms with van der Waals surface area (Å²) in [4.78, 5) is 44.4. The zero-order valence-corrected chi connectivity index (χ0v) is 24.4. The van der Waals surface area contributed by atoms with Crippen LogP contribution >= 0.6 is 0 Å². The molecule has 2 amide bonds. The number of carbonyl (C=O) groups is 3. The van der Waals surface area contributed by atoms with Crippen LogP contribution in [-0.2, 0) is 20.9 Å². The van der Waals surface area contributed by atoms with E-state index in [1.807, 2.05) is 69.3 Å². The molecule has 0 bridgehead atoms. The van der Waals surface area contributed by atoms with Gasteiger partial charge in [0.05, 0.1) is 18.7 Å². The lowest BCUT2D eigenvalue weighted by molar-refractivity contribution is -0.128. The summed E-state index contributed by atoms with van der Waals surface area (Å²) in [5, 5.41) is 11.5. The summed E-state index contributed by atoms with van der Waals surface area (Å²) in [6.45, 7) is 9.88. The van der Waals surface area contributed by atoms with Crippen molar-refractivity contribution in [1.82, 2.24) is 20.3 Å². The molecular weight excluding hydrogens is 532 g/mol. The molecule has 1 saturated heterocycles. The quantitative estimate of drug-likeness (QED) is 0.318. The first-order valence-electron chi connectivity index (χ1n) is 14.1. The molecule has 2 heterocycles. The first-order valence-corrected chi connectivity index (χ1v) is 14.1. The number of para-hydroxylation sites is 1. The predicted molar refractivity (Wildman–Crippen MR) is 162 cm³/mol. The van der Waals surface area contributed by atoms with E-state index in [1.165, 1.54) is 16.5 Å². The summed E-state index contributed by atoms with van der Waals surface area (Å²) in [6, 6.07) is 20.9. The lowest BCUT2D eigenvalue weighted by Crippen LogP contribution is -2.50. The Morgan fingerprint density at radius 2 is 1.69 bits per heavy atom. The number of carbonyl (C=O) groups excluding carboxylic acids is 3. The maximum Gasteiger partial charge on any atom is 0.249 e. The van der Waals surface area contributed by atoms with Gasteiger partial charge in [-0.1, -0.05) is 41.6 Å². The first kappa shape index (κ1) is 28.9. The van der Waals surface area contributed by atoms with E-state index < -0.39 is 11.6 Å². The Bertz CT molecular complexity index is 1580. The van der Waals surface area contributed by atoms with Gasteiger partial charge in [0.2, 0.25) is 11.8 Å². The van der Waals surface area contributed by atoms with Gasteiger partial charge in [0.15, 0.2) is 5.78 Å². The second-order valence-corrected chi connectivity index (χ2v) is 11.4. The highest BCUT2D eigenvalue weighted by molar-refractivity contribution is 6.03. The van der Waals surface area contributed by atoms with E-state index in [4.69, 9.17) is 4.74 Å². The van der Waals surface area contributed by atoms with E-state index in [0.29, 0.717) is 41.1 Å². The molecule has 0 spiro atoms. The third-order valence-electron chi connectivity index (χ3n) is 7.09. The molecule has 10 nitrogen and oxygen atoms in total. The number of ketones is 1. The fourth-order valence-electron chi connectivity index (χ4n) is 5.09. The van der Waals surface area contributed by atoms with Gasteiger partial charge in [-0.3, -0.25) is 19.3 Å². The molecule has 0 radical (unpaired) electrons. The van der Waals surface area contributed by atoms with Gasteiger partial charge in [-0.15, -0.1) is 5.10 Å². The van der Waals surface area contributed by atoms with Crippen LogP contribution < -0.4 is 15.1 Å². The van der Waals surface area contributed by atoms with Crippen LogP contribution in [0.3, 0.4) is 0 Å². The minimum absolute atomic E-state index is 0.142. The number of morpholine rings is 1. The monoisotopic (exact) mass is 568 g/mol. The van der Waals surface area contributed by atoms with Crippen LogP contribution in [0.25, 0.3) is 11.0 Å². The van der Waals surface area contributed by atoms with Crippen LogP contribution in [0.4, 0.5) is 11.4 Å². The smallest absolute Gasteiger partial charge is 0.249 e. The number of anilines is 2. The Morgan fingerprint density at radius 3 is 2.38 bits per heavy atom. The molecule has 0 aliphatic carbocycles. The number of nitrogens with zero attached hydrogens (tertiary/aromatic N) is 5. The average molecular weight is 569 g/mol. The molecule has 0 unspecified atom stereocenters. The summed E-state index contributed by atoms with van der Waals surface area (Å²) in [5.74, 6) is -0.860. The van der Waals surface area contributed by atoms with E-state index in [1.54, 1.807) is 24.3 Å². The number of ether oxygens (including phenoxy) is 1. The molecular formula is C32H36N6O4. The van der Waals surface area contributed by atoms with Gasteiger partial charge in [0, 0.05) is 35.6 Å². The molecule has 1 atom stereocenters.